The van der Waals surface area contributed by atoms with E-state index < -0.39 is 0 Å². The monoisotopic (exact) mass is 409 g/mol. The maximum atomic E-state index is 5.27. The molecule has 152 valence electrons. The molecule has 0 N–H and O–H groups in total. The normalized spacial score (nSPS) is 10.9. The Hall–Kier alpha value is -2.57. The molecular formula is C23H27N3O2S. The first kappa shape index (κ1) is 21.1. The standard InChI is InChI=1S/C23H27N3O2S/c1-18-14-25-21(15-24-18)12-13-29-26(16-19-4-8-22(27-2)9-5-19)17-20-6-10-23(28-3)11-7-20/h4-11,14-15H,12-13,16-17H2,1-3H3. The molecule has 0 atom stereocenters. The van der Waals surface area contributed by atoms with E-state index in [-0.39, 0.29) is 0 Å². The van der Waals surface area contributed by atoms with Gasteiger partial charge in [0.15, 0.2) is 0 Å². The molecule has 5 nitrogen and oxygen atoms in total. The number of methoxy groups -OCH3 is 2. The molecular weight excluding hydrogens is 382 g/mol. The Kier molecular flexibility index (Phi) is 7.90. The lowest BCUT2D eigenvalue weighted by atomic mass is 10.2. The van der Waals surface area contributed by atoms with Crippen LogP contribution in [0, 0.1) is 6.92 Å². The lowest BCUT2D eigenvalue weighted by molar-refractivity contribution is 0.413. The zero-order valence-electron chi connectivity index (χ0n) is 17.2. The van der Waals surface area contributed by atoms with Crippen LogP contribution in [0.25, 0.3) is 0 Å². The van der Waals surface area contributed by atoms with Gasteiger partial charge in [0.2, 0.25) is 0 Å². The van der Waals surface area contributed by atoms with Gasteiger partial charge < -0.3 is 9.47 Å². The van der Waals surface area contributed by atoms with Gasteiger partial charge in [0.1, 0.15) is 11.5 Å². The van der Waals surface area contributed by atoms with E-state index in [2.05, 4.69) is 38.5 Å². The molecule has 0 saturated heterocycles. The molecule has 3 aromatic rings. The summed E-state index contributed by atoms with van der Waals surface area (Å²) in [4.78, 5) is 8.80. The van der Waals surface area contributed by atoms with E-state index in [9.17, 15) is 0 Å². The summed E-state index contributed by atoms with van der Waals surface area (Å²) in [5.41, 5.74) is 4.47. The second kappa shape index (κ2) is 10.8. The molecule has 1 heterocycles. The van der Waals surface area contributed by atoms with Gasteiger partial charge in [-0.2, -0.15) is 0 Å². The number of hydrogen-bond acceptors (Lipinski definition) is 6. The molecule has 3 rings (SSSR count). The zero-order chi connectivity index (χ0) is 20.5. The molecule has 6 heteroatoms. The molecule has 0 aliphatic carbocycles. The minimum atomic E-state index is 0.847. The van der Waals surface area contributed by atoms with Gasteiger partial charge >= 0.3 is 0 Å². The summed E-state index contributed by atoms with van der Waals surface area (Å²) >= 11 is 1.83. The van der Waals surface area contributed by atoms with Crippen molar-refractivity contribution in [2.45, 2.75) is 26.4 Å². The van der Waals surface area contributed by atoms with Crippen molar-refractivity contribution < 1.29 is 9.47 Å². The Morgan fingerprint density at radius 1 is 0.793 bits per heavy atom. The summed E-state index contributed by atoms with van der Waals surface area (Å²) < 4.78 is 12.9. The Balaban J connectivity index is 1.64. The Morgan fingerprint density at radius 3 is 1.79 bits per heavy atom. The third kappa shape index (κ3) is 6.76. The molecule has 0 saturated carbocycles. The fourth-order valence-corrected chi connectivity index (χ4v) is 3.88. The second-order valence-electron chi connectivity index (χ2n) is 6.73. The van der Waals surface area contributed by atoms with Crippen molar-refractivity contribution in [3.63, 3.8) is 0 Å². The van der Waals surface area contributed by atoms with Crippen LogP contribution in [-0.4, -0.2) is 34.2 Å². The van der Waals surface area contributed by atoms with E-state index in [0.717, 1.165) is 48.2 Å². The van der Waals surface area contributed by atoms with Crippen molar-refractivity contribution in [1.29, 1.82) is 0 Å². The van der Waals surface area contributed by atoms with Crippen LogP contribution in [0.1, 0.15) is 22.5 Å². The SMILES string of the molecule is COc1ccc(CN(Cc2ccc(OC)cc2)SCCc2cnc(C)cn2)cc1. The van der Waals surface area contributed by atoms with E-state index in [1.807, 2.05) is 55.5 Å². The summed E-state index contributed by atoms with van der Waals surface area (Å²) in [6, 6.07) is 16.5. The summed E-state index contributed by atoms with van der Waals surface area (Å²) in [5.74, 6) is 2.70. The van der Waals surface area contributed by atoms with Gasteiger partial charge in [-0.1, -0.05) is 36.2 Å². The van der Waals surface area contributed by atoms with E-state index in [0.29, 0.717) is 0 Å². The summed E-state index contributed by atoms with van der Waals surface area (Å²) in [6.45, 7) is 3.65. The highest BCUT2D eigenvalue weighted by Gasteiger charge is 2.10. The number of aromatic nitrogens is 2. The highest BCUT2D eigenvalue weighted by atomic mass is 32.2. The number of ether oxygens (including phenoxy) is 2. The third-order valence-electron chi connectivity index (χ3n) is 4.50. The van der Waals surface area contributed by atoms with Crippen LogP contribution in [0.15, 0.2) is 60.9 Å². The average Bonchev–Trinajstić information content (AvgIpc) is 2.76. The highest BCUT2D eigenvalue weighted by molar-refractivity contribution is 7.96. The van der Waals surface area contributed by atoms with E-state index >= 15 is 0 Å². The van der Waals surface area contributed by atoms with Crippen LogP contribution in [0.5, 0.6) is 11.5 Å². The molecule has 1 aromatic heterocycles. The summed E-state index contributed by atoms with van der Waals surface area (Å²) in [6.07, 6.45) is 4.58. The zero-order valence-corrected chi connectivity index (χ0v) is 18.0. The molecule has 0 radical (unpaired) electrons. The molecule has 0 unspecified atom stereocenters. The maximum Gasteiger partial charge on any atom is 0.118 e. The minimum absolute atomic E-state index is 0.847. The largest absolute Gasteiger partial charge is 0.497 e. The van der Waals surface area contributed by atoms with Crippen molar-refractivity contribution in [1.82, 2.24) is 14.3 Å². The van der Waals surface area contributed by atoms with Gasteiger partial charge in [0.05, 0.1) is 25.6 Å². The number of rotatable bonds is 10. The summed E-state index contributed by atoms with van der Waals surface area (Å²) in [7, 11) is 3.38. The molecule has 0 spiro atoms. The Labute approximate surface area is 177 Å². The quantitative estimate of drug-likeness (QED) is 0.453. The first-order valence-corrected chi connectivity index (χ1v) is 10.5. The molecule has 0 aliphatic rings. The Bertz CT molecular complexity index is 819. The minimum Gasteiger partial charge on any atom is -0.497 e. The molecule has 2 aromatic carbocycles. The first-order chi connectivity index (χ1) is 14.2. The lowest BCUT2D eigenvalue weighted by Crippen LogP contribution is -2.16. The van der Waals surface area contributed by atoms with Crippen molar-refractivity contribution in [3.05, 3.63) is 83.4 Å². The third-order valence-corrected chi connectivity index (χ3v) is 5.51. The number of aryl methyl sites for hydroxylation is 2. The summed E-state index contributed by atoms with van der Waals surface area (Å²) in [5, 5.41) is 0. The van der Waals surface area contributed by atoms with Crippen LogP contribution in [0.2, 0.25) is 0 Å². The van der Waals surface area contributed by atoms with E-state index in [4.69, 9.17) is 9.47 Å². The molecule has 0 amide bonds. The smallest absolute Gasteiger partial charge is 0.118 e. The van der Waals surface area contributed by atoms with Gasteiger partial charge in [-0.3, -0.25) is 9.97 Å². The van der Waals surface area contributed by atoms with Crippen LogP contribution in [-0.2, 0) is 19.5 Å². The van der Waals surface area contributed by atoms with Crippen LogP contribution < -0.4 is 9.47 Å². The van der Waals surface area contributed by atoms with Crippen LogP contribution in [0.3, 0.4) is 0 Å². The van der Waals surface area contributed by atoms with Gasteiger partial charge in [0, 0.05) is 37.7 Å². The van der Waals surface area contributed by atoms with E-state index in [1.165, 1.54) is 11.1 Å². The lowest BCUT2D eigenvalue weighted by Gasteiger charge is -2.22. The van der Waals surface area contributed by atoms with Crippen LogP contribution in [0.4, 0.5) is 0 Å². The molecule has 0 aliphatic heterocycles. The van der Waals surface area contributed by atoms with E-state index in [1.54, 1.807) is 14.2 Å². The Morgan fingerprint density at radius 2 is 1.34 bits per heavy atom. The van der Waals surface area contributed by atoms with Gasteiger partial charge in [0.25, 0.3) is 0 Å². The number of benzene rings is 2. The number of nitrogens with zero attached hydrogens (tertiary/aromatic N) is 3. The predicted molar refractivity (Wildman–Crippen MR) is 118 cm³/mol. The molecule has 29 heavy (non-hydrogen) atoms. The molecule has 0 bridgehead atoms. The van der Waals surface area contributed by atoms with Crippen molar-refractivity contribution in [2.24, 2.45) is 0 Å². The fourth-order valence-electron chi connectivity index (χ4n) is 2.84. The average molecular weight is 410 g/mol. The molecule has 0 fully saturated rings. The topological polar surface area (TPSA) is 47.5 Å². The highest BCUT2D eigenvalue weighted by Crippen LogP contribution is 2.22. The van der Waals surface area contributed by atoms with Crippen molar-refractivity contribution in [2.75, 3.05) is 20.0 Å². The van der Waals surface area contributed by atoms with Crippen molar-refractivity contribution >= 4 is 11.9 Å². The fraction of sp³-hybridized carbons (Fsp3) is 0.304. The van der Waals surface area contributed by atoms with Gasteiger partial charge in [-0.05, 0) is 42.3 Å². The van der Waals surface area contributed by atoms with Crippen LogP contribution >= 0.6 is 11.9 Å². The van der Waals surface area contributed by atoms with Gasteiger partial charge in [-0.25, -0.2) is 4.31 Å². The van der Waals surface area contributed by atoms with Gasteiger partial charge in [-0.15, -0.1) is 0 Å². The predicted octanol–water partition coefficient (Wildman–Crippen LogP) is 4.70. The first-order valence-electron chi connectivity index (χ1n) is 9.57. The maximum absolute atomic E-state index is 5.27. The van der Waals surface area contributed by atoms with Crippen molar-refractivity contribution in [3.8, 4) is 11.5 Å². The second-order valence-corrected chi connectivity index (χ2v) is 7.91. The number of hydrogen-bond donors (Lipinski definition) is 0.